The quantitative estimate of drug-likeness (QED) is 0.477. The van der Waals surface area contributed by atoms with Gasteiger partial charge in [-0.3, -0.25) is 4.79 Å². The summed E-state index contributed by atoms with van der Waals surface area (Å²) in [6.07, 6.45) is 3.29. The first-order valence-corrected chi connectivity index (χ1v) is 7.40. The number of carbonyl (C=O) groups is 1. The first-order valence-electron chi connectivity index (χ1n) is 6.04. The van der Waals surface area contributed by atoms with Crippen molar-refractivity contribution in [1.82, 2.24) is 10.3 Å². The third-order valence-electron chi connectivity index (χ3n) is 2.97. The number of ether oxygens (including phenoxy) is 1. The maximum Gasteiger partial charge on any atom is 0.325 e. The van der Waals surface area contributed by atoms with E-state index in [1.54, 1.807) is 25.0 Å². The Labute approximate surface area is 123 Å². The molecule has 0 fully saturated rings. The second-order valence-corrected chi connectivity index (χ2v) is 5.81. The third kappa shape index (κ3) is 4.67. The number of nitrogens with one attached hydrogen (secondary N) is 1. The van der Waals surface area contributed by atoms with Gasteiger partial charge in [0.1, 0.15) is 10.6 Å². The van der Waals surface area contributed by atoms with Crippen LogP contribution in [-0.4, -0.2) is 36.4 Å². The van der Waals surface area contributed by atoms with Crippen molar-refractivity contribution in [3.05, 3.63) is 23.4 Å². The van der Waals surface area contributed by atoms with Crippen LogP contribution >= 0.6 is 23.4 Å². The second kappa shape index (κ2) is 7.72. The fourth-order valence-corrected chi connectivity index (χ4v) is 2.73. The molecule has 0 aromatic carbocycles. The van der Waals surface area contributed by atoms with E-state index < -0.39 is 5.54 Å². The predicted octanol–water partition coefficient (Wildman–Crippen LogP) is 2.76. The summed E-state index contributed by atoms with van der Waals surface area (Å²) in [7, 11) is 3.17. The van der Waals surface area contributed by atoms with E-state index in [1.165, 1.54) is 7.11 Å². The molecule has 19 heavy (non-hydrogen) atoms. The molecule has 1 aromatic rings. The van der Waals surface area contributed by atoms with E-state index in [0.717, 1.165) is 17.2 Å². The summed E-state index contributed by atoms with van der Waals surface area (Å²) in [5.74, 6) is 0.612. The Bertz CT molecular complexity index is 431. The van der Waals surface area contributed by atoms with E-state index in [0.29, 0.717) is 11.4 Å². The van der Waals surface area contributed by atoms with E-state index in [1.807, 2.05) is 19.1 Å². The molecule has 1 unspecified atom stereocenters. The van der Waals surface area contributed by atoms with Crippen LogP contribution in [0.2, 0.25) is 5.02 Å². The smallest absolute Gasteiger partial charge is 0.325 e. The second-order valence-electron chi connectivity index (χ2n) is 4.32. The SMILES string of the molecule is CNC(C)(CCCSc1ncccc1Cl)C(=O)OC. The molecule has 0 saturated heterocycles. The topological polar surface area (TPSA) is 51.2 Å². The molecule has 0 amide bonds. The molecule has 1 aromatic heterocycles. The lowest BCUT2D eigenvalue weighted by molar-refractivity contribution is -0.148. The van der Waals surface area contributed by atoms with Gasteiger partial charge in [0, 0.05) is 6.20 Å². The van der Waals surface area contributed by atoms with E-state index in [4.69, 9.17) is 16.3 Å². The molecule has 4 nitrogen and oxygen atoms in total. The van der Waals surface area contributed by atoms with Gasteiger partial charge >= 0.3 is 5.97 Å². The molecule has 106 valence electrons. The molecule has 0 radical (unpaired) electrons. The van der Waals surface area contributed by atoms with Gasteiger partial charge in [-0.15, -0.1) is 11.8 Å². The Kier molecular flexibility index (Phi) is 6.62. The van der Waals surface area contributed by atoms with Crippen molar-refractivity contribution in [3.8, 4) is 0 Å². The molecule has 0 aliphatic heterocycles. The van der Waals surface area contributed by atoms with Gasteiger partial charge < -0.3 is 10.1 Å². The van der Waals surface area contributed by atoms with Gasteiger partial charge in [-0.1, -0.05) is 11.6 Å². The summed E-state index contributed by atoms with van der Waals surface area (Å²) >= 11 is 7.62. The highest BCUT2D eigenvalue weighted by Crippen LogP contribution is 2.26. The fourth-order valence-electron chi connectivity index (χ4n) is 1.63. The Hall–Kier alpha value is -0.780. The standard InChI is InChI=1S/C13H19ClN2O2S/c1-13(15-2,12(17)18-3)7-5-9-19-11-10(14)6-4-8-16-11/h4,6,8,15H,5,7,9H2,1-3H3. The normalized spacial score (nSPS) is 13.9. The highest BCUT2D eigenvalue weighted by atomic mass is 35.5. The lowest BCUT2D eigenvalue weighted by atomic mass is 9.97. The zero-order chi connectivity index (χ0) is 14.3. The number of likely N-dealkylation sites (N-methyl/N-ethyl adjacent to an activating group) is 1. The Balaban J connectivity index is 2.42. The molecule has 1 heterocycles. The van der Waals surface area contributed by atoms with Crippen LogP contribution in [0, 0.1) is 0 Å². The zero-order valence-corrected chi connectivity index (χ0v) is 13.0. The van der Waals surface area contributed by atoms with Crippen molar-refractivity contribution in [1.29, 1.82) is 0 Å². The van der Waals surface area contributed by atoms with E-state index in [2.05, 4.69) is 10.3 Å². The van der Waals surface area contributed by atoms with Crippen LogP contribution in [0.3, 0.4) is 0 Å². The minimum absolute atomic E-state index is 0.240. The first kappa shape index (κ1) is 16.3. The molecule has 0 bridgehead atoms. The fraction of sp³-hybridized carbons (Fsp3) is 0.538. The summed E-state index contributed by atoms with van der Waals surface area (Å²) in [6, 6.07) is 3.63. The number of rotatable bonds is 7. The van der Waals surface area contributed by atoms with E-state index >= 15 is 0 Å². The Morgan fingerprint density at radius 2 is 2.37 bits per heavy atom. The number of nitrogens with zero attached hydrogens (tertiary/aromatic N) is 1. The zero-order valence-electron chi connectivity index (χ0n) is 11.4. The van der Waals surface area contributed by atoms with E-state index in [9.17, 15) is 4.79 Å². The number of carbonyl (C=O) groups excluding carboxylic acids is 1. The molecular formula is C13H19ClN2O2S. The molecular weight excluding hydrogens is 284 g/mol. The predicted molar refractivity (Wildman–Crippen MR) is 78.7 cm³/mol. The molecule has 0 spiro atoms. The maximum absolute atomic E-state index is 11.7. The number of halogens is 1. The number of methoxy groups -OCH3 is 1. The summed E-state index contributed by atoms with van der Waals surface area (Å²) in [6.45, 7) is 1.84. The van der Waals surface area contributed by atoms with Crippen LogP contribution < -0.4 is 5.32 Å². The van der Waals surface area contributed by atoms with Crippen molar-refractivity contribution in [2.75, 3.05) is 19.9 Å². The van der Waals surface area contributed by atoms with Gasteiger partial charge in [-0.25, -0.2) is 4.98 Å². The molecule has 0 aliphatic carbocycles. The number of pyridine rings is 1. The van der Waals surface area contributed by atoms with Crippen LogP contribution in [0.1, 0.15) is 19.8 Å². The van der Waals surface area contributed by atoms with Gasteiger partial charge in [0.25, 0.3) is 0 Å². The van der Waals surface area contributed by atoms with Crippen molar-refractivity contribution in [2.45, 2.75) is 30.3 Å². The van der Waals surface area contributed by atoms with Crippen molar-refractivity contribution >= 4 is 29.3 Å². The maximum atomic E-state index is 11.7. The average Bonchev–Trinajstić information content (AvgIpc) is 2.44. The lowest BCUT2D eigenvalue weighted by Crippen LogP contribution is -2.48. The summed E-state index contributed by atoms with van der Waals surface area (Å²) < 4.78 is 4.80. The van der Waals surface area contributed by atoms with Gasteiger partial charge in [0.2, 0.25) is 0 Å². The number of esters is 1. The van der Waals surface area contributed by atoms with Crippen LogP contribution in [0.15, 0.2) is 23.4 Å². The summed E-state index contributed by atoms with van der Waals surface area (Å²) in [4.78, 5) is 15.9. The number of thioether (sulfide) groups is 1. The molecule has 6 heteroatoms. The molecule has 1 rings (SSSR count). The monoisotopic (exact) mass is 302 g/mol. The van der Waals surface area contributed by atoms with Crippen LogP contribution in [0.4, 0.5) is 0 Å². The van der Waals surface area contributed by atoms with E-state index in [-0.39, 0.29) is 5.97 Å². The van der Waals surface area contributed by atoms with Crippen LogP contribution in [0.5, 0.6) is 0 Å². The molecule has 0 aliphatic rings. The molecule has 0 saturated carbocycles. The van der Waals surface area contributed by atoms with Gasteiger partial charge in [-0.2, -0.15) is 0 Å². The first-order chi connectivity index (χ1) is 9.03. The average molecular weight is 303 g/mol. The van der Waals surface area contributed by atoms with Gasteiger partial charge in [0.15, 0.2) is 0 Å². The Morgan fingerprint density at radius 1 is 1.63 bits per heavy atom. The summed E-state index contributed by atoms with van der Waals surface area (Å²) in [5.41, 5.74) is -0.636. The highest BCUT2D eigenvalue weighted by molar-refractivity contribution is 7.99. The minimum atomic E-state index is -0.636. The van der Waals surface area contributed by atoms with Crippen molar-refractivity contribution in [2.24, 2.45) is 0 Å². The minimum Gasteiger partial charge on any atom is -0.468 e. The van der Waals surface area contributed by atoms with Crippen molar-refractivity contribution in [3.63, 3.8) is 0 Å². The highest BCUT2D eigenvalue weighted by Gasteiger charge is 2.31. The van der Waals surface area contributed by atoms with Crippen LogP contribution in [-0.2, 0) is 9.53 Å². The van der Waals surface area contributed by atoms with Gasteiger partial charge in [0.05, 0.1) is 12.1 Å². The largest absolute Gasteiger partial charge is 0.468 e. The molecule has 1 atom stereocenters. The lowest BCUT2D eigenvalue weighted by Gasteiger charge is -2.25. The number of hydrogen-bond donors (Lipinski definition) is 1. The summed E-state index contributed by atoms with van der Waals surface area (Å²) in [5, 5.41) is 4.50. The third-order valence-corrected chi connectivity index (χ3v) is 4.48. The van der Waals surface area contributed by atoms with Crippen LogP contribution in [0.25, 0.3) is 0 Å². The Morgan fingerprint density at radius 3 is 2.95 bits per heavy atom. The van der Waals surface area contributed by atoms with Crippen molar-refractivity contribution < 1.29 is 9.53 Å². The molecule has 1 N–H and O–H groups in total. The number of aromatic nitrogens is 1. The van der Waals surface area contributed by atoms with Gasteiger partial charge in [-0.05, 0) is 44.7 Å². The number of hydrogen-bond acceptors (Lipinski definition) is 5.